The number of aliphatic hydroxyl groups is 1. The summed E-state index contributed by atoms with van der Waals surface area (Å²) in [7, 11) is 0. The van der Waals surface area contributed by atoms with Crippen LogP contribution >= 0.6 is 0 Å². The molecular formula is C13H14F2N4O. The highest BCUT2D eigenvalue weighted by Crippen LogP contribution is 2.31. The van der Waals surface area contributed by atoms with Gasteiger partial charge in [-0.1, -0.05) is 0 Å². The average molecular weight is 280 g/mol. The normalized spacial score (nSPS) is 23.4. The molecule has 3 rings (SSSR count). The highest BCUT2D eigenvalue weighted by molar-refractivity contribution is 5.19. The van der Waals surface area contributed by atoms with Crippen LogP contribution in [0, 0.1) is 11.6 Å². The molecule has 0 spiro atoms. The molecule has 2 heterocycles. The summed E-state index contributed by atoms with van der Waals surface area (Å²) >= 11 is 0. The fourth-order valence-electron chi connectivity index (χ4n) is 2.60. The van der Waals surface area contributed by atoms with E-state index in [-0.39, 0.29) is 0 Å². The van der Waals surface area contributed by atoms with E-state index < -0.39 is 17.2 Å². The van der Waals surface area contributed by atoms with Crippen molar-refractivity contribution in [3.8, 4) is 0 Å². The fourth-order valence-corrected chi connectivity index (χ4v) is 2.60. The summed E-state index contributed by atoms with van der Waals surface area (Å²) < 4.78 is 26.3. The molecule has 0 radical (unpaired) electrons. The Morgan fingerprint density at radius 2 is 2.05 bits per heavy atom. The van der Waals surface area contributed by atoms with Crippen LogP contribution in [0.5, 0.6) is 0 Å². The van der Waals surface area contributed by atoms with Crippen LogP contribution in [0.3, 0.4) is 0 Å². The first-order valence-electron chi connectivity index (χ1n) is 6.31. The predicted molar refractivity (Wildman–Crippen MR) is 66.5 cm³/mol. The second kappa shape index (κ2) is 4.92. The lowest BCUT2D eigenvalue weighted by Gasteiger charge is -2.21. The van der Waals surface area contributed by atoms with E-state index >= 15 is 0 Å². The van der Waals surface area contributed by atoms with Crippen molar-refractivity contribution in [3.05, 3.63) is 47.3 Å². The molecule has 1 atom stereocenters. The van der Waals surface area contributed by atoms with Crippen LogP contribution in [-0.4, -0.2) is 38.5 Å². The van der Waals surface area contributed by atoms with Gasteiger partial charge in [0.15, 0.2) is 0 Å². The minimum Gasteiger partial charge on any atom is -0.382 e. The van der Waals surface area contributed by atoms with Crippen molar-refractivity contribution in [2.45, 2.75) is 18.6 Å². The summed E-state index contributed by atoms with van der Waals surface area (Å²) in [6, 6.07) is 3.45. The second-order valence-electron chi connectivity index (χ2n) is 5.13. The largest absolute Gasteiger partial charge is 0.382 e. The Labute approximate surface area is 114 Å². The van der Waals surface area contributed by atoms with Gasteiger partial charge in [-0.05, 0) is 24.1 Å². The van der Waals surface area contributed by atoms with Gasteiger partial charge in [0.2, 0.25) is 0 Å². The van der Waals surface area contributed by atoms with Gasteiger partial charge >= 0.3 is 0 Å². The molecule has 2 N–H and O–H groups in total. The Balaban J connectivity index is 1.71. The number of likely N-dealkylation sites (tertiary alicyclic amines) is 1. The third-order valence-corrected chi connectivity index (χ3v) is 3.55. The van der Waals surface area contributed by atoms with Gasteiger partial charge in [0.25, 0.3) is 0 Å². The number of hydrogen-bond donors (Lipinski definition) is 2. The molecule has 106 valence electrons. The Hall–Kier alpha value is -1.86. The minimum absolute atomic E-state index is 0.359. The quantitative estimate of drug-likeness (QED) is 0.886. The molecule has 0 bridgehead atoms. The summed E-state index contributed by atoms with van der Waals surface area (Å²) in [5.41, 5.74) is -0.0175. The third-order valence-electron chi connectivity index (χ3n) is 3.55. The van der Waals surface area contributed by atoms with Gasteiger partial charge in [-0.2, -0.15) is 15.4 Å². The van der Waals surface area contributed by atoms with Gasteiger partial charge in [-0.25, -0.2) is 8.78 Å². The summed E-state index contributed by atoms with van der Waals surface area (Å²) in [5, 5.41) is 20.6. The molecule has 7 heteroatoms. The SMILES string of the molecule is O[C@@]1(c2cn[nH]n2)CCN(Cc2cc(F)cc(F)c2)C1. The molecule has 1 aromatic carbocycles. The van der Waals surface area contributed by atoms with E-state index in [0.717, 1.165) is 6.07 Å². The molecule has 0 unspecified atom stereocenters. The molecule has 1 fully saturated rings. The molecule has 20 heavy (non-hydrogen) atoms. The number of nitrogens with zero attached hydrogens (tertiary/aromatic N) is 3. The summed E-state index contributed by atoms with van der Waals surface area (Å²) in [4.78, 5) is 1.93. The number of hydrogen-bond acceptors (Lipinski definition) is 4. The van der Waals surface area contributed by atoms with Gasteiger partial charge in [0.1, 0.15) is 22.9 Å². The summed E-state index contributed by atoms with van der Waals surface area (Å²) in [6.07, 6.45) is 2.00. The lowest BCUT2D eigenvalue weighted by Crippen LogP contribution is -2.31. The van der Waals surface area contributed by atoms with E-state index in [4.69, 9.17) is 0 Å². The van der Waals surface area contributed by atoms with Crippen LogP contribution in [0.4, 0.5) is 8.78 Å². The lowest BCUT2D eigenvalue weighted by atomic mass is 10.00. The predicted octanol–water partition coefficient (Wildman–Crippen LogP) is 1.18. The molecule has 2 aromatic rings. The number of nitrogens with one attached hydrogen (secondary N) is 1. The number of aromatic amines is 1. The molecule has 1 aliphatic heterocycles. The molecule has 0 saturated carbocycles. The van der Waals surface area contributed by atoms with E-state index in [0.29, 0.717) is 37.3 Å². The molecule has 0 aliphatic carbocycles. The van der Waals surface area contributed by atoms with E-state index in [1.807, 2.05) is 4.90 Å². The first kappa shape index (κ1) is 13.1. The lowest BCUT2D eigenvalue weighted by molar-refractivity contribution is 0.0408. The van der Waals surface area contributed by atoms with E-state index in [1.54, 1.807) is 0 Å². The van der Waals surface area contributed by atoms with Gasteiger partial charge in [-0.15, -0.1) is 0 Å². The molecular weight excluding hydrogens is 266 g/mol. The summed E-state index contributed by atoms with van der Waals surface area (Å²) in [6.45, 7) is 1.37. The molecule has 5 nitrogen and oxygen atoms in total. The van der Waals surface area contributed by atoms with Crippen LogP contribution in [0.1, 0.15) is 17.7 Å². The van der Waals surface area contributed by atoms with Crippen LogP contribution < -0.4 is 0 Å². The zero-order chi connectivity index (χ0) is 14.2. The number of H-pyrrole nitrogens is 1. The highest BCUT2D eigenvalue weighted by Gasteiger charge is 2.39. The molecule has 1 saturated heterocycles. The first-order valence-corrected chi connectivity index (χ1v) is 6.31. The topological polar surface area (TPSA) is 65.0 Å². The van der Waals surface area contributed by atoms with Crippen molar-refractivity contribution in [3.63, 3.8) is 0 Å². The van der Waals surface area contributed by atoms with Crippen molar-refractivity contribution in [2.75, 3.05) is 13.1 Å². The van der Waals surface area contributed by atoms with Crippen LogP contribution in [0.15, 0.2) is 24.4 Å². The van der Waals surface area contributed by atoms with E-state index in [9.17, 15) is 13.9 Å². The van der Waals surface area contributed by atoms with Gasteiger partial charge in [-0.3, -0.25) is 4.90 Å². The van der Waals surface area contributed by atoms with Crippen molar-refractivity contribution < 1.29 is 13.9 Å². The minimum atomic E-state index is -1.06. The number of halogens is 2. The van der Waals surface area contributed by atoms with Crippen molar-refractivity contribution in [2.24, 2.45) is 0 Å². The average Bonchev–Trinajstić information content (AvgIpc) is 2.98. The summed E-state index contributed by atoms with van der Waals surface area (Å²) in [5.74, 6) is -1.18. The van der Waals surface area contributed by atoms with Gasteiger partial charge in [0, 0.05) is 25.7 Å². The molecule has 1 aliphatic rings. The van der Waals surface area contributed by atoms with Crippen LogP contribution in [0.25, 0.3) is 0 Å². The maximum Gasteiger partial charge on any atom is 0.126 e. The van der Waals surface area contributed by atoms with Crippen molar-refractivity contribution in [1.29, 1.82) is 0 Å². The second-order valence-corrected chi connectivity index (χ2v) is 5.13. The standard InChI is InChI=1S/C13H14F2N4O/c14-10-3-9(4-11(15)5-10)7-19-2-1-13(20,8-19)12-6-16-18-17-12/h3-6,20H,1-2,7-8H2,(H,16,17,18)/t13-/m0/s1. The zero-order valence-corrected chi connectivity index (χ0v) is 10.7. The first-order chi connectivity index (χ1) is 9.55. The Morgan fingerprint density at radius 1 is 1.30 bits per heavy atom. The van der Waals surface area contributed by atoms with Crippen LogP contribution in [-0.2, 0) is 12.1 Å². The maximum atomic E-state index is 13.1. The third kappa shape index (κ3) is 2.54. The monoisotopic (exact) mass is 280 g/mol. The smallest absolute Gasteiger partial charge is 0.126 e. The highest BCUT2D eigenvalue weighted by atomic mass is 19.1. The number of aromatic nitrogens is 3. The van der Waals surface area contributed by atoms with E-state index in [2.05, 4.69) is 15.4 Å². The van der Waals surface area contributed by atoms with E-state index in [1.165, 1.54) is 18.3 Å². The Morgan fingerprint density at radius 3 is 2.70 bits per heavy atom. The molecule has 1 aromatic heterocycles. The zero-order valence-electron chi connectivity index (χ0n) is 10.7. The van der Waals surface area contributed by atoms with Crippen LogP contribution in [0.2, 0.25) is 0 Å². The van der Waals surface area contributed by atoms with Gasteiger partial charge < -0.3 is 5.11 Å². The van der Waals surface area contributed by atoms with Crippen molar-refractivity contribution in [1.82, 2.24) is 20.3 Å². The van der Waals surface area contributed by atoms with Crippen molar-refractivity contribution >= 4 is 0 Å². The molecule has 0 amide bonds. The van der Waals surface area contributed by atoms with Gasteiger partial charge in [0.05, 0.1) is 6.20 Å². The maximum absolute atomic E-state index is 13.1. The Bertz CT molecular complexity index is 584. The number of benzene rings is 1. The number of rotatable bonds is 3. The Kier molecular flexibility index (Phi) is 3.23. The number of β-amino-alcohol motifs (C(OH)–C–C–N with tert-alkyl or cyclic N) is 1. The fraction of sp³-hybridized carbons (Fsp3) is 0.385.